The van der Waals surface area contributed by atoms with Crippen molar-refractivity contribution in [2.45, 2.75) is 0 Å². The molecule has 0 unspecified atom stereocenters. The summed E-state index contributed by atoms with van der Waals surface area (Å²) in [5.41, 5.74) is 3.81. The van der Waals surface area contributed by atoms with Gasteiger partial charge in [-0.3, -0.25) is 9.97 Å². The van der Waals surface area contributed by atoms with Crippen LogP contribution >= 0.6 is 0 Å². The second-order valence-electron chi connectivity index (χ2n) is 4.65. The van der Waals surface area contributed by atoms with Gasteiger partial charge in [-0.05, 0) is 24.3 Å². The molecule has 1 aromatic carbocycles. The molecule has 0 radical (unpaired) electrons. The second-order valence-corrected chi connectivity index (χ2v) is 4.65. The molecule has 4 aromatic rings. The summed E-state index contributed by atoms with van der Waals surface area (Å²) in [6.07, 6.45) is 5.40. The lowest BCUT2D eigenvalue weighted by Crippen LogP contribution is -1.88. The van der Waals surface area contributed by atoms with E-state index in [2.05, 4.69) is 34.2 Å². The third-order valence-electron chi connectivity index (χ3n) is 3.39. The average molecular weight is 257 g/mol. The summed E-state index contributed by atoms with van der Waals surface area (Å²) >= 11 is 0. The number of hydrogen-bond acceptors (Lipinski definition) is 3. The van der Waals surface area contributed by atoms with E-state index in [1.165, 1.54) is 0 Å². The van der Waals surface area contributed by atoms with Crippen molar-refractivity contribution in [2.24, 2.45) is 0 Å². The molecule has 0 atom stereocenters. The number of benzene rings is 1. The normalized spacial score (nSPS) is 11.0. The van der Waals surface area contributed by atoms with Gasteiger partial charge in [0.05, 0.1) is 16.7 Å². The summed E-state index contributed by atoms with van der Waals surface area (Å²) in [7, 11) is 0. The van der Waals surface area contributed by atoms with E-state index in [-0.39, 0.29) is 0 Å². The molecule has 3 heteroatoms. The van der Waals surface area contributed by atoms with Crippen LogP contribution in [-0.2, 0) is 0 Å². The maximum Gasteiger partial charge on any atom is 0.0972 e. The fourth-order valence-electron chi connectivity index (χ4n) is 2.40. The van der Waals surface area contributed by atoms with Gasteiger partial charge in [-0.15, -0.1) is 0 Å². The molecule has 0 aliphatic heterocycles. The Balaban J connectivity index is 2.05. The van der Waals surface area contributed by atoms with E-state index in [1.807, 2.05) is 30.5 Å². The first-order valence-electron chi connectivity index (χ1n) is 6.47. The Labute approximate surface area is 116 Å². The molecule has 0 aliphatic carbocycles. The molecular weight excluding hydrogens is 246 g/mol. The SMILES string of the molecule is c1cncc(-c2ccc3ccc4cccnc4c3n2)c1. The third-order valence-corrected chi connectivity index (χ3v) is 3.39. The molecule has 3 heterocycles. The third kappa shape index (κ3) is 1.72. The number of rotatable bonds is 1. The largest absolute Gasteiger partial charge is 0.264 e. The predicted octanol–water partition coefficient (Wildman–Crippen LogP) is 3.85. The van der Waals surface area contributed by atoms with Crippen LogP contribution in [0.5, 0.6) is 0 Å². The van der Waals surface area contributed by atoms with Gasteiger partial charge in [0.1, 0.15) is 0 Å². The highest BCUT2D eigenvalue weighted by molar-refractivity contribution is 6.03. The van der Waals surface area contributed by atoms with Crippen LogP contribution < -0.4 is 0 Å². The number of hydrogen-bond donors (Lipinski definition) is 0. The van der Waals surface area contributed by atoms with Crippen LogP contribution in [0.2, 0.25) is 0 Å². The van der Waals surface area contributed by atoms with Gasteiger partial charge in [0.15, 0.2) is 0 Å². The lowest BCUT2D eigenvalue weighted by Gasteiger charge is -2.05. The number of pyridine rings is 3. The van der Waals surface area contributed by atoms with Crippen molar-refractivity contribution in [3.8, 4) is 11.3 Å². The summed E-state index contributed by atoms with van der Waals surface area (Å²) in [4.78, 5) is 13.4. The minimum Gasteiger partial charge on any atom is -0.264 e. The molecular formula is C17H11N3. The Morgan fingerprint density at radius 2 is 1.50 bits per heavy atom. The van der Waals surface area contributed by atoms with E-state index in [0.29, 0.717) is 0 Å². The Bertz CT molecular complexity index is 901. The van der Waals surface area contributed by atoms with Crippen LogP contribution in [0.4, 0.5) is 0 Å². The Morgan fingerprint density at radius 1 is 0.700 bits per heavy atom. The van der Waals surface area contributed by atoms with Crippen molar-refractivity contribution in [1.82, 2.24) is 15.0 Å². The quantitative estimate of drug-likeness (QED) is 0.486. The fourth-order valence-corrected chi connectivity index (χ4v) is 2.40. The van der Waals surface area contributed by atoms with E-state index in [1.54, 1.807) is 12.4 Å². The summed E-state index contributed by atoms with van der Waals surface area (Å²) in [6.45, 7) is 0. The van der Waals surface area contributed by atoms with Crippen molar-refractivity contribution in [1.29, 1.82) is 0 Å². The number of aromatic nitrogens is 3. The molecule has 0 saturated heterocycles. The lowest BCUT2D eigenvalue weighted by atomic mass is 10.1. The first-order valence-corrected chi connectivity index (χ1v) is 6.47. The van der Waals surface area contributed by atoms with Crippen molar-refractivity contribution < 1.29 is 0 Å². The highest BCUT2D eigenvalue weighted by Crippen LogP contribution is 2.25. The molecule has 20 heavy (non-hydrogen) atoms. The van der Waals surface area contributed by atoms with Crippen molar-refractivity contribution in [3.63, 3.8) is 0 Å². The van der Waals surface area contributed by atoms with Crippen molar-refractivity contribution >= 4 is 21.8 Å². The highest BCUT2D eigenvalue weighted by atomic mass is 14.8. The van der Waals surface area contributed by atoms with E-state index >= 15 is 0 Å². The summed E-state index contributed by atoms with van der Waals surface area (Å²) < 4.78 is 0. The molecule has 4 rings (SSSR count). The number of nitrogens with zero attached hydrogens (tertiary/aromatic N) is 3. The summed E-state index contributed by atoms with van der Waals surface area (Å²) in [6, 6.07) is 16.2. The minimum absolute atomic E-state index is 0.920. The Kier molecular flexibility index (Phi) is 2.42. The standard InChI is InChI=1S/C17H11N3/c1-4-14(11-18-9-1)15-8-7-13-6-5-12-3-2-10-19-16(12)17(13)20-15/h1-11H. The lowest BCUT2D eigenvalue weighted by molar-refractivity contribution is 1.30. The molecule has 0 amide bonds. The van der Waals surface area contributed by atoms with Crippen LogP contribution in [0.15, 0.2) is 67.1 Å². The molecule has 0 N–H and O–H groups in total. The zero-order chi connectivity index (χ0) is 13.4. The van der Waals surface area contributed by atoms with Gasteiger partial charge in [-0.1, -0.05) is 24.3 Å². The Morgan fingerprint density at radius 3 is 2.35 bits per heavy atom. The van der Waals surface area contributed by atoms with E-state index in [9.17, 15) is 0 Å². The molecule has 3 aromatic heterocycles. The van der Waals surface area contributed by atoms with E-state index in [4.69, 9.17) is 4.98 Å². The maximum atomic E-state index is 4.77. The van der Waals surface area contributed by atoms with Crippen molar-refractivity contribution in [3.05, 3.63) is 67.1 Å². The van der Waals surface area contributed by atoms with E-state index < -0.39 is 0 Å². The van der Waals surface area contributed by atoms with Crippen molar-refractivity contribution in [2.75, 3.05) is 0 Å². The first-order chi connectivity index (χ1) is 9.92. The van der Waals surface area contributed by atoms with E-state index in [0.717, 1.165) is 33.1 Å². The minimum atomic E-state index is 0.920. The van der Waals surface area contributed by atoms with Crippen LogP contribution in [-0.4, -0.2) is 15.0 Å². The summed E-state index contributed by atoms with van der Waals surface area (Å²) in [5, 5.41) is 2.21. The van der Waals surface area contributed by atoms with Crippen LogP contribution in [0.1, 0.15) is 0 Å². The zero-order valence-electron chi connectivity index (χ0n) is 10.7. The highest BCUT2D eigenvalue weighted by Gasteiger charge is 2.05. The van der Waals surface area contributed by atoms with Crippen LogP contribution in [0.25, 0.3) is 33.1 Å². The second kappa shape index (κ2) is 4.38. The smallest absolute Gasteiger partial charge is 0.0972 e. The zero-order valence-corrected chi connectivity index (χ0v) is 10.7. The van der Waals surface area contributed by atoms with Gasteiger partial charge < -0.3 is 0 Å². The van der Waals surface area contributed by atoms with Gasteiger partial charge in [0.2, 0.25) is 0 Å². The molecule has 0 bridgehead atoms. The molecule has 3 nitrogen and oxygen atoms in total. The van der Waals surface area contributed by atoms with Gasteiger partial charge >= 0.3 is 0 Å². The van der Waals surface area contributed by atoms with Crippen LogP contribution in [0, 0.1) is 0 Å². The van der Waals surface area contributed by atoms with Gasteiger partial charge in [-0.25, -0.2) is 4.98 Å². The molecule has 0 fully saturated rings. The molecule has 0 saturated carbocycles. The predicted molar refractivity (Wildman–Crippen MR) is 80.3 cm³/mol. The van der Waals surface area contributed by atoms with Gasteiger partial charge in [0, 0.05) is 34.9 Å². The topological polar surface area (TPSA) is 38.7 Å². The van der Waals surface area contributed by atoms with Crippen LogP contribution in [0.3, 0.4) is 0 Å². The van der Waals surface area contributed by atoms with Gasteiger partial charge in [0.25, 0.3) is 0 Å². The summed E-state index contributed by atoms with van der Waals surface area (Å²) in [5.74, 6) is 0. The average Bonchev–Trinajstić information content (AvgIpc) is 2.55. The molecule has 94 valence electrons. The van der Waals surface area contributed by atoms with Gasteiger partial charge in [-0.2, -0.15) is 0 Å². The molecule has 0 spiro atoms. The Hall–Kier alpha value is -2.81. The maximum absolute atomic E-state index is 4.77. The first kappa shape index (κ1) is 11.1. The fraction of sp³-hybridized carbons (Fsp3) is 0. The number of fused-ring (bicyclic) bond motifs is 3. The molecule has 0 aliphatic rings. The monoisotopic (exact) mass is 257 g/mol.